The van der Waals surface area contributed by atoms with Crippen LogP contribution in [0, 0.1) is 10.1 Å². The second-order valence-corrected chi connectivity index (χ2v) is 11.0. The van der Waals surface area contributed by atoms with Crippen LogP contribution in [0.1, 0.15) is 16.4 Å². The maximum atomic E-state index is 13.5. The van der Waals surface area contributed by atoms with Gasteiger partial charge in [0.05, 0.1) is 17.0 Å². The number of nitrogens with zero attached hydrogens (tertiary/aromatic N) is 2. The molecule has 1 heterocycles. The molecule has 41 heavy (non-hydrogen) atoms. The molecule has 4 aromatic carbocycles. The molecule has 5 aromatic rings. The van der Waals surface area contributed by atoms with Crippen LogP contribution in [0.15, 0.2) is 119 Å². The number of rotatable bonds is 10. The molecule has 0 saturated heterocycles. The van der Waals surface area contributed by atoms with E-state index >= 15 is 0 Å². The maximum Gasteiger partial charge on any atom is 0.270 e. The predicted molar refractivity (Wildman–Crippen MR) is 163 cm³/mol. The van der Waals surface area contributed by atoms with E-state index in [4.69, 9.17) is 0 Å². The van der Waals surface area contributed by atoms with E-state index in [0.29, 0.717) is 22.1 Å². The van der Waals surface area contributed by atoms with Crippen LogP contribution < -0.4 is 10.6 Å². The monoisotopic (exact) mass is 580 g/mol. The average Bonchev–Trinajstić information content (AvgIpc) is 3.45. The average molecular weight is 581 g/mol. The van der Waals surface area contributed by atoms with E-state index in [2.05, 4.69) is 15.6 Å². The van der Waals surface area contributed by atoms with Crippen molar-refractivity contribution >= 4 is 51.4 Å². The molecule has 0 aliphatic carbocycles. The third-order valence-corrected chi connectivity index (χ3v) is 8.01. The van der Waals surface area contributed by atoms with Crippen molar-refractivity contribution < 1.29 is 14.5 Å². The number of nitrogens with one attached hydrogen (secondary N) is 2. The molecule has 0 bridgehead atoms. The van der Waals surface area contributed by atoms with Gasteiger partial charge in [0.2, 0.25) is 11.8 Å². The van der Waals surface area contributed by atoms with Gasteiger partial charge in [-0.1, -0.05) is 78.9 Å². The summed E-state index contributed by atoms with van der Waals surface area (Å²) in [6.07, 6.45) is 0.263. The van der Waals surface area contributed by atoms with Gasteiger partial charge in [0, 0.05) is 33.7 Å². The maximum absolute atomic E-state index is 13.5. The number of hydrogen-bond donors (Lipinski definition) is 2. The molecular weight excluding hydrogens is 556 g/mol. The number of non-ortho nitro benzene ring substituents is 1. The Morgan fingerprint density at radius 3 is 2.37 bits per heavy atom. The first-order valence-electron chi connectivity index (χ1n) is 12.6. The van der Waals surface area contributed by atoms with E-state index in [1.54, 1.807) is 17.5 Å². The van der Waals surface area contributed by atoms with Crippen LogP contribution in [0.25, 0.3) is 11.3 Å². The zero-order valence-corrected chi connectivity index (χ0v) is 23.2. The van der Waals surface area contributed by atoms with Gasteiger partial charge in [0.1, 0.15) is 5.25 Å². The summed E-state index contributed by atoms with van der Waals surface area (Å²) >= 11 is 2.61. The van der Waals surface area contributed by atoms with Crippen LogP contribution >= 0.6 is 23.1 Å². The number of carbonyl (C=O) groups is 2. The van der Waals surface area contributed by atoms with E-state index in [-0.39, 0.29) is 23.9 Å². The van der Waals surface area contributed by atoms with Crippen LogP contribution in [0.2, 0.25) is 0 Å². The van der Waals surface area contributed by atoms with Crippen molar-refractivity contribution in [2.75, 3.05) is 10.6 Å². The summed E-state index contributed by atoms with van der Waals surface area (Å²) in [5, 5.41) is 18.5. The highest BCUT2D eigenvalue weighted by Gasteiger charge is 2.23. The molecule has 0 radical (unpaired) electrons. The van der Waals surface area contributed by atoms with E-state index in [1.165, 1.54) is 35.2 Å². The third-order valence-electron chi connectivity index (χ3n) is 6.01. The molecule has 0 aliphatic heterocycles. The standard InChI is InChI=1S/C31H24N4O4S2/c36-28(17-21-9-3-1-4-10-21)32-24-14-8-16-26(19-24)41-29(22-11-5-2-6-12-22)30(37)34-31-33-27(20-40-31)23-13-7-15-25(18-23)35(38)39/h1-16,18-20,29H,17H2,(H,32,36)(H,33,34,37). The largest absolute Gasteiger partial charge is 0.326 e. The molecule has 1 atom stereocenters. The first-order chi connectivity index (χ1) is 19.9. The van der Waals surface area contributed by atoms with Gasteiger partial charge in [-0.15, -0.1) is 23.1 Å². The van der Waals surface area contributed by atoms with Gasteiger partial charge < -0.3 is 10.6 Å². The first kappa shape index (κ1) is 27.8. The Bertz CT molecular complexity index is 1680. The number of anilines is 2. The normalized spacial score (nSPS) is 11.4. The fraction of sp³-hybridized carbons (Fsp3) is 0.0645. The Hall–Kier alpha value is -4.80. The zero-order valence-electron chi connectivity index (χ0n) is 21.6. The highest BCUT2D eigenvalue weighted by atomic mass is 32.2. The molecule has 0 aliphatic rings. The Kier molecular flexibility index (Phi) is 8.82. The zero-order chi connectivity index (χ0) is 28.6. The number of carbonyl (C=O) groups excluding carboxylic acids is 2. The lowest BCUT2D eigenvalue weighted by molar-refractivity contribution is -0.384. The van der Waals surface area contributed by atoms with E-state index in [0.717, 1.165) is 16.0 Å². The van der Waals surface area contributed by atoms with Crippen molar-refractivity contribution in [3.63, 3.8) is 0 Å². The molecule has 0 fully saturated rings. The van der Waals surface area contributed by atoms with E-state index in [1.807, 2.05) is 84.9 Å². The van der Waals surface area contributed by atoms with Crippen LogP contribution in [-0.2, 0) is 16.0 Å². The Balaban J connectivity index is 1.31. The molecule has 10 heteroatoms. The summed E-state index contributed by atoms with van der Waals surface area (Å²) < 4.78 is 0. The van der Waals surface area contributed by atoms with Gasteiger partial charge in [-0.2, -0.15) is 0 Å². The number of thioether (sulfide) groups is 1. The minimum atomic E-state index is -0.600. The molecule has 0 spiro atoms. The third kappa shape index (κ3) is 7.44. The molecule has 1 unspecified atom stereocenters. The number of aromatic nitrogens is 1. The lowest BCUT2D eigenvalue weighted by atomic mass is 10.1. The van der Waals surface area contributed by atoms with Crippen LogP contribution in [-0.4, -0.2) is 21.7 Å². The van der Waals surface area contributed by atoms with Gasteiger partial charge in [-0.3, -0.25) is 19.7 Å². The van der Waals surface area contributed by atoms with Crippen LogP contribution in [0.4, 0.5) is 16.5 Å². The minimum absolute atomic E-state index is 0.0277. The lowest BCUT2D eigenvalue weighted by Crippen LogP contribution is -2.19. The fourth-order valence-electron chi connectivity index (χ4n) is 4.08. The second kappa shape index (κ2) is 13.0. The summed E-state index contributed by atoms with van der Waals surface area (Å²) in [4.78, 5) is 42.1. The Labute approximate surface area is 244 Å². The lowest BCUT2D eigenvalue weighted by Gasteiger charge is -2.17. The molecule has 2 N–H and O–H groups in total. The van der Waals surface area contributed by atoms with Crippen molar-refractivity contribution in [3.05, 3.63) is 136 Å². The fourth-order valence-corrected chi connectivity index (χ4v) is 5.89. The summed E-state index contributed by atoms with van der Waals surface area (Å²) in [5.41, 5.74) is 3.48. The molecule has 8 nitrogen and oxygen atoms in total. The molecule has 5 rings (SSSR count). The van der Waals surface area contributed by atoms with Crippen molar-refractivity contribution in [2.24, 2.45) is 0 Å². The summed E-state index contributed by atoms with van der Waals surface area (Å²) in [6.45, 7) is 0. The quantitative estimate of drug-likeness (QED) is 0.101. The Morgan fingerprint density at radius 2 is 1.61 bits per heavy atom. The number of thiazole rings is 1. The summed E-state index contributed by atoms with van der Waals surface area (Å²) in [5.74, 6) is -0.390. The highest BCUT2D eigenvalue weighted by Crippen LogP contribution is 2.38. The van der Waals surface area contributed by atoms with Crippen molar-refractivity contribution in [2.45, 2.75) is 16.6 Å². The first-order valence-corrected chi connectivity index (χ1v) is 14.4. The summed E-state index contributed by atoms with van der Waals surface area (Å²) in [6, 6.07) is 32.5. The van der Waals surface area contributed by atoms with Gasteiger partial charge >= 0.3 is 0 Å². The molecular formula is C31H24N4O4S2. The number of nitro groups is 1. The van der Waals surface area contributed by atoms with Crippen LogP contribution in [0.3, 0.4) is 0 Å². The van der Waals surface area contributed by atoms with Gasteiger partial charge in [-0.05, 0) is 29.3 Å². The van der Waals surface area contributed by atoms with E-state index in [9.17, 15) is 19.7 Å². The number of hydrogen-bond acceptors (Lipinski definition) is 7. The van der Waals surface area contributed by atoms with Gasteiger partial charge in [0.25, 0.3) is 5.69 Å². The van der Waals surface area contributed by atoms with Crippen molar-refractivity contribution in [3.8, 4) is 11.3 Å². The second-order valence-electron chi connectivity index (χ2n) is 8.98. The smallest absolute Gasteiger partial charge is 0.270 e. The number of amides is 2. The molecule has 0 saturated carbocycles. The van der Waals surface area contributed by atoms with Crippen molar-refractivity contribution in [1.82, 2.24) is 4.98 Å². The molecule has 204 valence electrons. The summed E-state index contributed by atoms with van der Waals surface area (Å²) in [7, 11) is 0. The molecule has 2 amide bonds. The van der Waals surface area contributed by atoms with Crippen molar-refractivity contribution in [1.29, 1.82) is 0 Å². The number of benzene rings is 4. The predicted octanol–water partition coefficient (Wildman–Crippen LogP) is 7.37. The van der Waals surface area contributed by atoms with Gasteiger partial charge in [0.15, 0.2) is 5.13 Å². The minimum Gasteiger partial charge on any atom is -0.326 e. The van der Waals surface area contributed by atoms with Crippen LogP contribution in [0.5, 0.6) is 0 Å². The topological polar surface area (TPSA) is 114 Å². The SMILES string of the molecule is O=C(Cc1ccccc1)Nc1cccc(SC(C(=O)Nc2nc(-c3cccc([N+](=O)[O-])c3)cs2)c2ccccc2)c1. The molecule has 1 aromatic heterocycles. The highest BCUT2D eigenvalue weighted by molar-refractivity contribution is 8.00. The Morgan fingerprint density at radius 1 is 0.878 bits per heavy atom. The van der Waals surface area contributed by atoms with E-state index < -0.39 is 10.2 Å². The van der Waals surface area contributed by atoms with Gasteiger partial charge in [-0.25, -0.2) is 4.98 Å². The number of nitro benzene ring substituents is 1.